The number of ketones is 1. The summed E-state index contributed by atoms with van der Waals surface area (Å²) in [7, 11) is 1.46. The molecule has 2 N–H and O–H groups in total. The molecule has 4 aromatic rings. The van der Waals surface area contributed by atoms with Crippen LogP contribution >= 0.6 is 0 Å². The Balaban J connectivity index is 1.42. The van der Waals surface area contributed by atoms with Crippen LogP contribution in [0.3, 0.4) is 0 Å². The maximum absolute atomic E-state index is 14.1. The summed E-state index contributed by atoms with van der Waals surface area (Å²) >= 11 is 0. The van der Waals surface area contributed by atoms with Gasteiger partial charge in [0.1, 0.15) is 11.4 Å². The summed E-state index contributed by atoms with van der Waals surface area (Å²) in [6.45, 7) is 7.81. The molecule has 1 saturated carbocycles. The first-order chi connectivity index (χ1) is 26.5. The lowest BCUT2D eigenvalue weighted by Crippen LogP contribution is -2.27. The van der Waals surface area contributed by atoms with Crippen LogP contribution in [-0.4, -0.2) is 54.6 Å². The normalized spacial score (nSPS) is 12.1. The molecule has 2 heterocycles. The van der Waals surface area contributed by atoms with Gasteiger partial charge in [0.2, 0.25) is 0 Å². The number of carbonyl (C=O) groups excluding carboxylic acids is 4. The molecular formula is C42H45N3O10. The van der Waals surface area contributed by atoms with Crippen LogP contribution in [0.25, 0.3) is 17.2 Å². The van der Waals surface area contributed by atoms with E-state index in [0.29, 0.717) is 41.5 Å². The SMILES string of the molecule is C=Cc1cc(C(=O)Cc2ccc(C(=N)CC(=O)OCCCCCC)cc2)c(-c2ccc(C(=O)NCC3CC3)nc2C(=O)OCc2oc(=O)oc2C)cc1OC. The number of nitrogens with zero attached hydrogens (tertiary/aromatic N) is 1. The van der Waals surface area contributed by atoms with E-state index in [2.05, 4.69) is 23.8 Å². The third-order valence-corrected chi connectivity index (χ3v) is 9.17. The molecule has 0 radical (unpaired) electrons. The number of nitrogens with one attached hydrogen (secondary N) is 2. The summed E-state index contributed by atoms with van der Waals surface area (Å²) in [5.41, 5.74) is 2.19. The van der Waals surface area contributed by atoms with Gasteiger partial charge in [-0.1, -0.05) is 63.1 Å². The van der Waals surface area contributed by atoms with Gasteiger partial charge in [-0.3, -0.25) is 14.4 Å². The fraction of sp³-hybridized carbons (Fsp3) is 0.357. The number of unbranched alkanes of at least 4 members (excludes halogenated alkanes) is 3. The van der Waals surface area contributed by atoms with Gasteiger partial charge in [0.05, 0.1) is 20.1 Å². The highest BCUT2D eigenvalue weighted by Gasteiger charge is 2.27. The van der Waals surface area contributed by atoms with Crippen LogP contribution in [0, 0.1) is 18.3 Å². The molecule has 0 atom stereocenters. The fourth-order valence-electron chi connectivity index (χ4n) is 5.82. The van der Waals surface area contributed by atoms with Gasteiger partial charge in [-0.25, -0.2) is 14.6 Å². The van der Waals surface area contributed by atoms with Gasteiger partial charge < -0.3 is 33.8 Å². The number of hydrogen-bond acceptors (Lipinski definition) is 12. The first-order valence-corrected chi connectivity index (χ1v) is 18.3. The fourth-order valence-corrected chi connectivity index (χ4v) is 5.82. The van der Waals surface area contributed by atoms with E-state index < -0.39 is 30.3 Å². The molecule has 2 aromatic carbocycles. The summed E-state index contributed by atoms with van der Waals surface area (Å²) in [6, 6.07) is 13.0. The zero-order valence-electron chi connectivity index (χ0n) is 31.3. The van der Waals surface area contributed by atoms with Crippen molar-refractivity contribution >= 4 is 35.4 Å². The molecule has 1 amide bonds. The summed E-state index contributed by atoms with van der Waals surface area (Å²) in [5, 5.41) is 11.3. The molecule has 288 valence electrons. The van der Waals surface area contributed by atoms with Gasteiger partial charge in [-0.2, -0.15) is 0 Å². The Bertz CT molecular complexity index is 2130. The Morgan fingerprint density at radius 3 is 2.42 bits per heavy atom. The van der Waals surface area contributed by atoms with Crippen molar-refractivity contribution in [2.75, 3.05) is 20.3 Å². The third-order valence-electron chi connectivity index (χ3n) is 9.17. The molecular weight excluding hydrogens is 706 g/mol. The lowest BCUT2D eigenvalue weighted by atomic mass is 9.90. The lowest BCUT2D eigenvalue weighted by molar-refractivity contribution is -0.142. The highest BCUT2D eigenvalue weighted by atomic mass is 16.6. The van der Waals surface area contributed by atoms with E-state index in [0.717, 1.165) is 38.5 Å². The number of methoxy groups -OCH3 is 1. The number of rotatable bonds is 20. The van der Waals surface area contributed by atoms with Crippen molar-refractivity contribution in [2.45, 2.75) is 71.8 Å². The number of ether oxygens (including phenoxy) is 3. The maximum Gasteiger partial charge on any atom is 0.519 e. The van der Waals surface area contributed by atoms with Crippen molar-refractivity contribution in [3.05, 3.63) is 111 Å². The first kappa shape index (κ1) is 40.1. The Kier molecular flexibility index (Phi) is 13.7. The van der Waals surface area contributed by atoms with E-state index in [1.54, 1.807) is 36.4 Å². The molecule has 1 aliphatic rings. The molecule has 0 saturated heterocycles. The number of carbonyl (C=O) groups is 4. The van der Waals surface area contributed by atoms with Gasteiger partial charge >= 0.3 is 17.8 Å². The monoisotopic (exact) mass is 751 g/mol. The summed E-state index contributed by atoms with van der Waals surface area (Å²) in [4.78, 5) is 69.2. The van der Waals surface area contributed by atoms with Crippen LogP contribution < -0.4 is 15.9 Å². The average molecular weight is 752 g/mol. The van der Waals surface area contributed by atoms with Gasteiger partial charge in [-0.15, -0.1) is 0 Å². The minimum atomic E-state index is -0.949. The van der Waals surface area contributed by atoms with Crippen molar-refractivity contribution in [3.63, 3.8) is 0 Å². The highest BCUT2D eigenvalue weighted by Crippen LogP contribution is 2.35. The summed E-state index contributed by atoms with van der Waals surface area (Å²) in [6.07, 6.45) is 7.30. The Hall–Kier alpha value is -6.11. The number of benzene rings is 2. The van der Waals surface area contributed by atoms with Crippen molar-refractivity contribution in [1.82, 2.24) is 10.3 Å². The molecule has 0 unspecified atom stereocenters. The molecule has 0 bridgehead atoms. The minimum Gasteiger partial charge on any atom is -0.496 e. The second-order valence-electron chi connectivity index (χ2n) is 13.3. The number of amides is 1. The molecule has 0 spiro atoms. The summed E-state index contributed by atoms with van der Waals surface area (Å²) in [5.74, 6) is -2.24. The number of esters is 2. The molecule has 13 nitrogen and oxygen atoms in total. The molecule has 0 aliphatic heterocycles. The Morgan fingerprint density at radius 1 is 1.00 bits per heavy atom. The van der Waals surface area contributed by atoms with Crippen LogP contribution in [0.5, 0.6) is 5.75 Å². The number of pyridine rings is 1. The van der Waals surface area contributed by atoms with Crippen molar-refractivity contribution in [2.24, 2.45) is 5.92 Å². The smallest absolute Gasteiger partial charge is 0.496 e. The zero-order chi connectivity index (χ0) is 39.5. The topological polar surface area (TPSA) is 188 Å². The molecule has 1 fully saturated rings. The first-order valence-electron chi connectivity index (χ1n) is 18.3. The molecule has 55 heavy (non-hydrogen) atoms. The van der Waals surface area contributed by atoms with Crippen LogP contribution in [0.2, 0.25) is 0 Å². The van der Waals surface area contributed by atoms with Gasteiger partial charge in [0.15, 0.2) is 29.6 Å². The predicted octanol–water partition coefficient (Wildman–Crippen LogP) is 7.06. The average Bonchev–Trinajstić information content (AvgIpc) is 3.96. The Morgan fingerprint density at radius 2 is 1.76 bits per heavy atom. The van der Waals surface area contributed by atoms with Gasteiger partial charge in [-0.05, 0) is 73.1 Å². The van der Waals surface area contributed by atoms with E-state index in [1.807, 2.05) is 0 Å². The number of aryl methyl sites for hydroxylation is 1. The van der Waals surface area contributed by atoms with E-state index in [-0.39, 0.29) is 63.9 Å². The second kappa shape index (κ2) is 18.8. The van der Waals surface area contributed by atoms with Crippen LogP contribution in [0.1, 0.15) is 111 Å². The standard InChI is InChI=1S/C42H45N3O10/c1-5-7-8-9-18-52-38(47)22-33(43)29-14-12-26(13-15-29)19-35(46)32-20-28(6-2)36(51-4)21-31(32)30-16-17-34(40(48)44-23-27-10-11-27)45-39(30)41(49)53-24-37-25(3)54-42(50)55-37/h6,12-17,20-21,27,43H,2,5,7-11,18-19,22-24H2,1,3-4H3,(H,44,48). The van der Waals surface area contributed by atoms with Gasteiger partial charge in [0.25, 0.3) is 5.91 Å². The van der Waals surface area contributed by atoms with Crippen LogP contribution in [-0.2, 0) is 27.3 Å². The molecule has 2 aromatic heterocycles. The molecule has 1 aliphatic carbocycles. The zero-order valence-corrected chi connectivity index (χ0v) is 31.3. The molecule has 13 heteroatoms. The van der Waals surface area contributed by atoms with E-state index in [9.17, 15) is 24.0 Å². The van der Waals surface area contributed by atoms with Crippen LogP contribution in [0.15, 0.2) is 68.7 Å². The van der Waals surface area contributed by atoms with Crippen LogP contribution in [0.4, 0.5) is 0 Å². The maximum atomic E-state index is 14.1. The number of hydrogen-bond donors (Lipinski definition) is 2. The quantitative estimate of drug-likeness (QED) is 0.0407. The summed E-state index contributed by atoms with van der Waals surface area (Å²) < 4.78 is 26.2. The molecule has 5 rings (SSSR count). The second-order valence-corrected chi connectivity index (χ2v) is 13.3. The van der Waals surface area contributed by atoms with Crippen molar-refractivity contribution in [3.8, 4) is 16.9 Å². The van der Waals surface area contributed by atoms with E-state index >= 15 is 0 Å². The predicted molar refractivity (Wildman–Crippen MR) is 203 cm³/mol. The minimum absolute atomic E-state index is 0.00463. The van der Waals surface area contributed by atoms with E-state index in [1.165, 1.54) is 32.2 Å². The Labute approximate surface area is 318 Å². The van der Waals surface area contributed by atoms with Crippen molar-refractivity contribution < 1.29 is 42.2 Å². The number of Topliss-reactive ketones (excluding diaryl/α,β-unsaturated/α-hetero) is 1. The third kappa shape index (κ3) is 10.7. The van der Waals surface area contributed by atoms with E-state index in [4.69, 9.17) is 28.5 Å². The van der Waals surface area contributed by atoms with Gasteiger partial charge in [0, 0.05) is 35.4 Å². The number of aromatic nitrogens is 1. The van der Waals surface area contributed by atoms with Crippen molar-refractivity contribution in [1.29, 1.82) is 5.41 Å². The lowest BCUT2D eigenvalue weighted by Gasteiger charge is -2.17. The highest BCUT2D eigenvalue weighted by molar-refractivity contribution is 6.09. The largest absolute Gasteiger partial charge is 0.519 e.